The van der Waals surface area contributed by atoms with Crippen molar-refractivity contribution in [3.63, 3.8) is 0 Å². The molecule has 1 aliphatic heterocycles. The standard InChI is InChI=1S/C14H16N2O2/c15-16-10-12(17)9-13-7-4-8-14(18-13)11-5-2-1-3-6-11/h1-3,5-6,10,13-14H,4,7-9H2/t13-,14-/m1/s1. The highest BCUT2D eigenvalue weighted by molar-refractivity contribution is 6.25. The lowest BCUT2D eigenvalue weighted by Crippen LogP contribution is -2.25. The summed E-state index contributed by atoms with van der Waals surface area (Å²) in [7, 11) is 0. The molecule has 94 valence electrons. The molecule has 1 aromatic carbocycles. The Bertz CT molecular complexity index is 452. The second-order valence-electron chi connectivity index (χ2n) is 4.50. The Labute approximate surface area is 106 Å². The average Bonchev–Trinajstić information content (AvgIpc) is 2.40. The van der Waals surface area contributed by atoms with Gasteiger partial charge in [-0.3, -0.25) is 4.79 Å². The minimum absolute atomic E-state index is 0.0730. The molecule has 0 unspecified atom stereocenters. The Kier molecular flexibility index (Phi) is 4.40. The molecule has 1 aliphatic rings. The quantitative estimate of drug-likeness (QED) is 0.464. The van der Waals surface area contributed by atoms with Crippen LogP contribution in [-0.2, 0) is 9.53 Å². The number of Topliss-reactive ketones (excluding diaryl/α,β-unsaturated/α-hetero) is 1. The van der Waals surface area contributed by atoms with E-state index in [1.54, 1.807) is 0 Å². The van der Waals surface area contributed by atoms with Gasteiger partial charge in [-0.2, -0.15) is 4.79 Å². The normalized spacial score (nSPS) is 23.1. The zero-order valence-corrected chi connectivity index (χ0v) is 10.2. The van der Waals surface area contributed by atoms with E-state index in [-0.39, 0.29) is 24.4 Å². The summed E-state index contributed by atoms with van der Waals surface area (Å²) in [6, 6.07) is 10.1. The smallest absolute Gasteiger partial charge is 0.323 e. The van der Waals surface area contributed by atoms with Crippen molar-refractivity contribution in [2.24, 2.45) is 0 Å². The number of carbonyl (C=O) groups is 1. The molecular weight excluding hydrogens is 228 g/mol. The van der Waals surface area contributed by atoms with E-state index in [1.165, 1.54) is 0 Å². The maximum atomic E-state index is 11.4. The van der Waals surface area contributed by atoms with Crippen LogP contribution in [0.4, 0.5) is 0 Å². The number of ketones is 1. The summed E-state index contributed by atoms with van der Waals surface area (Å²) >= 11 is 0. The van der Waals surface area contributed by atoms with Gasteiger partial charge in [0.2, 0.25) is 5.78 Å². The molecule has 2 rings (SSSR count). The third-order valence-electron chi connectivity index (χ3n) is 3.15. The van der Waals surface area contributed by atoms with Crippen LogP contribution >= 0.6 is 0 Å². The van der Waals surface area contributed by atoms with Crippen molar-refractivity contribution in [2.75, 3.05) is 0 Å². The van der Waals surface area contributed by atoms with Gasteiger partial charge in [0.15, 0.2) is 0 Å². The van der Waals surface area contributed by atoms with Gasteiger partial charge in [-0.05, 0) is 24.8 Å². The van der Waals surface area contributed by atoms with Crippen molar-refractivity contribution in [2.45, 2.75) is 37.9 Å². The van der Waals surface area contributed by atoms with Gasteiger partial charge in [0, 0.05) is 6.42 Å². The van der Waals surface area contributed by atoms with Crippen LogP contribution in [0.1, 0.15) is 37.4 Å². The van der Waals surface area contributed by atoms with Crippen LogP contribution in [0, 0.1) is 0 Å². The number of ether oxygens (including phenoxy) is 1. The van der Waals surface area contributed by atoms with Crippen LogP contribution in [0.15, 0.2) is 30.3 Å². The van der Waals surface area contributed by atoms with Crippen LogP contribution in [0.25, 0.3) is 5.53 Å². The van der Waals surface area contributed by atoms with E-state index in [0.29, 0.717) is 0 Å². The Morgan fingerprint density at radius 2 is 2.17 bits per heavy atom. The summed E-state index contributed by atoms with van der Waals surface area (Å²) in [4.78, 5) is 14.1. The van der Waals surface area contributed by atoms with E-state index in [4.69, 9.17) is 10.3 Å². The molecule has 2 atom stereocenters. The van der Waals surface area contributed by atoms with Crippen LogP contribution in [-0.4, -0.2) is 22.9 Å². The molecular formula is C14H16N2O2. The average molecular weight is 244 g/mol. The van der Waals surface area contributed by atoms with Crippen LogP contribution in [0.2, 0.25) is 0 Å². The first kappa shape index (κ1) is 12.7. The van der Waals surface area contributed by atoms with Crippen molar-refractivity contribution in [3.05, 3.63) is 41.4 Å². The van der Waals surface area contributed by atoms with E-state index in [1.807, 2.05) is 30.3 Å². The maximum absolute atomic E-state index is 11.4. The summed E-state index contributed by atoms with van der Waals surface area (Å²) in [5.41, 5.74) is 9.46. The Balaban J connectivity index is 1.96. The molecule has 0 saturated carbocycles. The molecule has 0 aliphatic carbocycles. The van der Waals surface area contributed by atoms with Crippen molar-refractivity contribution in [1.29, 1.82) is 0 Å². The lowest BCUT2D eigenvalue weighted by Gasteiger charge is -2.29. The van der Waals surface area contributed by atoms with Gasteiger partial charge in [0.05, 0.1) is 12.2 Å². The third kappa shape index (κ3) is 3.36. The fraction of sp³-hybridized carbons (Fsp3) is 0.429. The van der Waals surface area contributed by atoms with Crippen LogP contribution < -0.4 is 0 Å². The maximum Gasteiger partial charge on any atom is 0.323 e. The highest BCUT2D eigenvalue weighted by atomic mass is 16.5. The van der Waals surface area contributed by atoms with Crippen molar-refractivity contribution < 1.29 is 14.3 Å². The van der Waals surface area contributed by atoms with Gasteiger partial charge in [-0.25, -0.2) is 0 Å². The van der Waals surface area contributed by atoms with Crippen LogP contribution in [0.5, 0.6) is 0 Å². The SMILES string of the molecule is [N-]=[N+]=CC(=O)C[C@H]1CCC[C@H](c2ccccc2)O1. The number of nitrogens with zero attached hydrogens (tertiary/aromatic N) is 2. The monoisotopic (exact) mass is 244 g/mol. The molecule has 0 radical (unpaired) electrons. The number of carbonyl (C=O) groups excluding carboxylic acids is 1. The zero-order valence-electron chi connectivity index (χ0n) is 10.2. The van der Waals surface area contributed by atoms with Gasteiger partial charge in [0.25, 0.3) is 0 Å². The Morgan fingerprint density at radius 1 is 1.39 bits per heavy atom. The largest absolute Gasteiger partial charge is 0.370 e. The topological polar surface area (TPSA) is 62.7 Å². The first-order valence-electron chi connectivity index (χ1n) is 6.20. The van der Waals surface area contributed by atoms with E-state index in [9.17, 15) is 4.79 Å². The highest BCUT2D eigenvalue weighted by Gasteiger charge is 2.25. The minimum Gasteiger partial charge on any atom is -0.370 e. The molecule has 4 nitrogen and oxygen atoms in total. The van der Waals surface area contributed by atoms with Gasteiger partial charge in [0.1, 0.15) is 0 Å². The van der Waals surface area contributed by atoms with E-state index < -0.39 is 0 Å². The van der Waals surface area contributed by atoms with Crippen molar-refractivity contribution in [1.82, 2.24) is 0 Å². The molecule has 0 spiro atoms. The van der Waals surface area contributed by atoms with Crippen LogP contribution in [0.3, 0.4) is 0 Å². The summed E-state index contributed by atoms with van der Waals surface area (Å²) in [6.45, 7) is 0. The lowest BCUT2D eigenvalue weighted by atomic mass is 9.96. The molecule has 4 heteroatoms. The molecule has 0 bridgehead atoms. The minimum atomic E-state index is -0.198. The summed E-state index contributed by atoms with van der Waals surface area (Å²) in [5, 5.41) is 0. The van der Waals surface area contributed by atoms with Gasteiger partial charge in [-0.15, -0.1) is 0 Å². The lowest BCUT2D eigenvalue weighted by molar-refractivity contribution is -0.122. The van der Waals surface area contributed by atoms with E-state index >= 15 is 0 Å². The van der Waals surface area contributed by atoms with Gasteiger partial charge >= 0.3 is 6.21 Å². The summed E-state index contributed by atoms with van der Waals surface area (Å²) < 4.78 is 5.93. The number of rotatable bonds is 4. The third-order valence-corrected chi connectivity index (χ3v) is 3.15. The van der Waals surface area contributed by atoms with Gasteiger partial charge in [-0.1, -0.05) is 30.3 Å². The summed E-state index contributed by atoms with van der Waals surface area (Å²) in [5.74, 6) is -0.198. The molecule has 1 heterocycles. The first-order valence-corrected chi connectivity index (χ1v) is 6.20. The predicted octanol–water partition coefficient (Wildman–Crippen LogP) is 2.56. The Hall–Kier alpha value is -1.77. The fourth-order valence-electron chi connectivity index (χ4n) is 2.30. The van der Waals surface area contributed by atoms with E-state index in [0.717, 1.165) is 31.0 Å². The second-order valence-corrected chi connectivity index (χ2v) is 4.50. The number of benzene rings is 1. The molecule has 0 N–H and O–H groups in total. The molecule has 0 amide bonds. The molecule has 1 saturated heterocycles. The number of hydrogen-bond donors (Lipinski definition) is 0. The van der Waals surface area contributed by atoms with Gasteiger partial charge < -0.3 is 10.3 Å². The van der Waals surface area contributed by atoms with Crippen molar-refractivity contribution >= 4 is 12.0 Å². The zero-order chi connectivity index (χ0) is 12.8. The molecule has 0 aromatic heterocycles. The second kappa shape index (κ2) is 6.24. The molecule has 1 aromatic rings. The first-order chi connectivity index (χ1) is 8.79. The molecule has 1 fully saturated rings. The number of hydrogen-bond acceptors (Lipinski definition) is 2. The van der Waals surface area contributed by atoms with E-state index in [2.05, 4.69) is 4.79 Å². The highest BCUT2D eigenvalue weighted by Crippen LogP contribution is 2.32. The Morgan fingerprint density at radius 3 is 2.89 bits per heavy atom. The molecule has 18 heavy (non-hydrogen) atoms. The summed E-state index contributed by atoms with van der Waals surface area (Å²) in [6.07, 6.45) is 4.15. The van der Waals surface area contributed by atoms with Crippen molar-refractivity contribution in [3.8, 4) is 0 Å². The predicted molar refractivity (Wildman–Crippen MR) is 67.2 cm³/mol. The fourth-order valence-corrected chi connectivity index (χ4v) is 2.30.